The number of phenols is 1. The molecule has 0 aromatic heterocycles. The lowest BCUT2D eigenvalue weighted by Crippen LogP contribution is -2.19. The summed E-state index contributed by atoms with van der Waals surface area (Å²) >= 11 is 0. The number of phenolic OH excluding ortho intramolecular Hbond substituents is 1. The number of rotatable bonds is 6. The van der Waals surface area contributed by atoms with Crippen molar-refractivity contribution in [2.45, 2.75) is 32.5 Å². The van der Waals surface area contributed by atoms with Crippen LogP contribution < -0.4 is 4.74 Å². The van der Waals surface area contributed by atoms with E-state index < -0.39 is 82.3 Å². The maximum atomic E-state index is 15.1. The first-order valence-corrected chi connectivity index (χ1v) is 9.74. The molecule has 11 heteroatoms. The predicted molar refractivity (Wildman–Crippen MR) is 103 cm³/mol. The van der Waals surface area contributed by atoms with Gasteiger partial charge >= 0.3 is 6.36 Å². The standard InChI is InChI=1S/C23H15F9O2/c1-2-10-5-14(25)19(15(26)6-10)20-18(33)9-13(24)12(21(20)29)4-3-11-7-16(27)22(17(28)8-11)34-23(30,31)32/h5-9,33H,2-4H2,1H3. The molecule has 0 heterocycles. The van der Waals surface area contributed by atoms with Crippen LogP contribution in [-0.4, -0.2) is 11.5 Å². The van der Waals surface area contributed by atoms with E-state index in [-0.39, 0.29) is 17.5 Å². The van der Waals surface area contributed by atoms with E-state index in [0.29, 0.717) is 18.2 Å². The van der Waals surface area contributed by atoms with Crippen LogP contribution in [0.2, 0.25) is 0 Å². The van der Waals surface area contributed by atoms with Crippen LogP contribution in [-0.2, 0) is 19.3 Å². The summed E-state index contributed by atoms with van der Waals surface area (Å²) in [6.07, 6.45) is -6.17. The van der Waals surface area contributed by atoms with Gasteiger partial charge in [-0.15, -0.1) is 13.2 Å². The molecule has 3 aromatic rings. The molecular weight excluding hydrogens is 479 g/mol. The van der Waals surface area contributed by atoms with Crippen molar-refractivity contribution >= 4 is 0 Å². The lowest BCUT2D eigenvalue weighted by atomic mass is 9.95. The van der Waals surface area contributed by atoms with Crippen molar-refractivity contribution in [3.05, 3.63) is 81.9 Å². The van der Waals surface area contributed by atoms with Gasteiger partial charge < -0.3 is 9.84 Å². The minimum atomic E-state index is -5.35. The highest BCUT2D eigenvalue weighted by atomic mass is 19.4. The molecule has 3 aromatic carbocycles. The molecule has 182 valence electrons. The van der Waals surface area contributed by atoms with Crippen molar-refractivity contribution in [1.29, 1.82) is 0 Å². The van der Waals surface area contributed by atoms with Crippen LogP contribution >= 0.6 is 0 Å². The fourth-order valence-corrected chi connectivity index (χ4v) is 3.42. The van der Waals surface area contributed by atoms with Gasteiger partial charge in [-0.05, 0) is 54.7 Å². The summed E-state index contributed by atoms with van der Waals surface area (Å²) in [5, 5.41) is 9.99. The van der Waals surface area contributed by atoms with Gasteiger partial charge in [0, 0.05) is 11.6 Å². The zero-order chi connectivity index (χ0) is 25.4. The molecule has 0 saturated heterocycles. The highest BCUT2D eigenvalue weighted by Crippen LogP contribution is 2.39. The van der Waals surface area contributed by atoms with Crippen molar-refractivity contribution in [3.8, 4) is 22.6 Å². The van der Waals surface area contributed by atoms with E-state index in [1.807, 2.05) is 0 Å². The third-order valence-electron chi connectivity index (χ3n) is 4.99. The molecule has 34 heavy (non-hydrogen) atoms. The second-order valence-corrected chi connectivity index (χ2v) is 7.27. The number of alkyl halides is 3. The Bertz CT molecular complexity index is 1190. The van der Waals surface area contributed by atoms with Gasteiger partial charge in [-0.3, -0.25) is 0 Å². The topological polar surface area (TPSA) is 29.5 Å². The minimum Gasteiger partial charge on any atom is -0.507 e. The van der Waals surface area contributed by atoms with Gasteiger partial charge in [0.05, 0.1) is 11.1 Å². The summed E-state index contributed by atoms with van der Waals surface area (Å²) in [7, 11) is 0. The van der Waals surface area contributed by atoms with E-state index in [2.05, 4.69) is 4.74 Å². The summed E-state index contributed by atoms with van der Waals surface area (Å²) < 4.78 is 126. The SMILES string of the molecule is CCc1cc(F)c(-c2c(O)cc(F)c(CCc3cc(F)c(OC(F)(F)F)c(F)c3)c2F)c(F)c1. The van der Waals surface area contributed by atoms with Crippen LogP contribution in [0.3, 0.4) is 0 Å². The molecule has 0 spiro atoms. The number of ether oxygens (including phenoxy) is 1. The Morgan fingerprint density at radius 2 is 1.24 bits per heavy atom. The lowest BCUT2D eigenvalue weighted by Gasteiger charge is -2.15. The maximum absolute atomic E-state index is 15.1. The smallest absolute Gasteiger partial charge is 0.507 e. The molecule has 0 fully saturated rings. The van der Waals surface area contributed by atoms with Crippen LogP contribution in [0.15, 0.2) is 30.3 Å². The molecule has 3 rings (SSSR count). The van der Waals surface area contributed by atoms with Gasteiger partial charge in [0.1, 0.15) is 29.0 Å². The van der Waals surface area contributed by atoms with E-state index in [9.17, 15) is 40.2 Å². The Hall–Kier alpha value is -3.37. The Morgan fingerprint density at radius 3 is 1.74 bits per heavy atom. The van der Waals surface area contributed by atoms with Gasteiger partial charge in [0.25, 0.3) is 0 Å². The molecule has 0 amide bonds. The number of halogens is 9. The summed E-state index contributed by atoms with van der Waals surface area (Å²) in [4.78, 5) is 0. The van der Waals surface area contributed by atoms with Crippen molar-refractivity contribution in [3.63, 3.8) is 0 Å². The fraction of sp³-hybridized carbons (Fsp3) is 0.217. The molecule has 0 radical (unpaired) electrons. The quantitative estimate of drug-likeness (QED) is 0.369. The molecule has 0 atom stereocenters. The second-order valence-electron chi connectivity index (χ2n) is 7.27. The van der Waals surface area contributed by atoms with Crippen LogP contribution in [0, 0.1) is 34.9 Å². The number of aromatic hydroxyl groups is 1. The number of benzene rings is 3. The third-order valence-corrected chi connectivity index (χ3v) is 4.99. The average molecular weight is 494 g/mol. The second kappa shape index (κ2) is 9.47. The molecule has 0 saturated carbocycles. The zero-order valence-electron chi connectivity index (χ0n) is 17.3. The minimum absolute atomic E-state index is 0.253. The lowest BCUT2D eigenvalue weighted by molar-refractivity contribution is -0.276. The predicted octanol–water partition coefficient (Wildman–Crippen LogP) is 7.14. The molecular formula is C23H15F9O2. The monoisotopic (exact) mass is 494 g/mol. The van der Waals surface area contributed by atoms with Gasteiger partial charge in [-0.1, -0.05) is 6.92 Å². The van der Waals surface area contributed by atoms with E-state index in [0.717, 1.165) is 12.1 Å². The molecule has 0 unspecified atom stereocenters. The van der Waals surface area contributed by atoms with Gasteiger partial charge in [-0.25, -0.2) is 26.3 Å². The Kier molecular flexibility index (Phi) is 7.04. The van der Waals surface area contributed by atoms with E-state index in [4.69, 9.17) is 0 Å². The summed E-state index contributed by atoms with van der Waals surface area (Å²) in [6, 6.07) is 3.27. The summed E-state index contributed by atoms with van der Waals surface area (Å²) in [5.41, 5.74) is -2.66. The van der Waals surface area contributed by atoms with Crippen LogP contribution in [0.25, 0.3) is 11.1 Å². The number of aryl methyl sites for hydroxylation is 2. The summed E-state index contributed by atoms with van der Waals surface area (Å²) in [5.74, 6) is -11.4. The molecule has 1 N–H and O–H groups in total. The zero-order valence-corrected chi connectivity index (χ0v) is 17.3. The first kappa shape index (κ1) is 25.3. The first-order valence-electron chi connectivity index (χ1n) is 9.74. The number of hydrogen-bond acceptors (Lipinski definition) is 2. The first-order chi connectivity index (χ1) is 15.8. The molecule has 0 aliphatic heterocycles. The van der Waals surface area contributed by atoms with Crippen molar-refractivity contribution in [2.75, 3.05) is 0 Å². The van der Waals surface area contributed by atoms with Crippen LogP contribution in [0.1, 0.15) is 23.6 Å². The number of hydrogen-bond donors (Lipinski definition) is 1. The molecule has 2 nitrogen and oxygen atoms in total. The van der Waals surface area contributed by atoms with Gasteiger partial charge in [-0.2, -0.15) is 0 Å². The van der Waals surface area contributed by atoms with E-state index >= 15 is 4.39 Å². The normalized spacial score (nSPS) is 11.7. The highest BCUT2D eigenvalue weighted by Gasteiger charge is 2.34. The van der Waals surface area contributed by atoms with Gasteiger partial charge in [0.15, 0.2) is 11.6 Å². The van der Waals surface area contributed by atoms with Crippen molar-refractivity contribution in [2.24, 2.45) is 0 Å². The average Bonchev–Trinajstić information content (AvgIpc) is 2.71. The van der Waals surface area contributed by atoms with Crippen molar-refractivity contribution < 1.29 is 49.4 Å². The Balaban J connectivity index is 1.98. The molecule has 0 bridgehead atoms. The summed E-state index contributed by atoms with van der Waals surface area (Å²) in [6.45, 7) is 1.62. The fourth-order valence-electron chi connectivity index (χ4n) is 3.42. The third kappa shape index (κ3) is 5.23. The highest BCUT2D eigenvalue weighted by molar-refractivity contribution is 5.73. The van der Waals surface area contributed by atoms with Crippen molar-refractivity contribution in [1.82, 2.24) is 0 Å². The molecule has 0 aliphatic carbocycles. The maximum Gasteiger partial charge on any atom is 0.573 e. The Labute approximate surface area is 187 Å². The largest absolute Gasteiger partial charge is 0.573 e. The van der Waals surface area contributed by atoms with Gasteiger partial charge in [0.2, 0.25) is 5.75 Å². The Morgan fingerprint density at radius 1 is 0.706 bits per heavy atom. The van der Waals surface area contributed by atoms with Crippen LogP contribution in [0.5, 0.6) is 11.5 Å². The molecule has 0 aliphatic rings. The van der Waals surface area contributed by atoms with E-state index in [1.165, 1.54) is 0 Å². The van der Waals surface area contributed by atoms with E-state index in [1.54, 1.807) is 6.92 Å². The van der Waals surface area contributed by atoms with Crippen LogP contribution in [0.4, 0.5) is 39.5 Å².